The molecule has 7 heteroatoms. The molecule has 0 aliphatic heterocycles. The van der Waals surface area contributed by atoms with Gasteiger partial charge in [0.15, 0.2) is 10.3 Å². The minimum atomic E-state index is -0.320. The number of nitrogens with one attached hydrogen (secondary N) is 1. The summed E-state index contributed by atoms with van der Waals surface area (Å²) in [4.78, 5) is 19.5. The second-order valence-electron chi connectivity index (χ2n) is 3.61. The smallest absolute Gasteiger partial charge is 0.255 e. The van der Waals surface area contributed by atoms with Gasteiger partial charge in [0.25, 0.3) is 5.91 Å². The highest BCUT2D eigenvalue weighted by atomic mass is 79.9. The molecular weight excluding hydrogens is 353 g/mol. The number of carbonyl (C=O) groups is 1. The molecule has 0 saturated heterocycles. The summed E-state index contributed by atoms with van der Waals surface area (Å²) in [5.41, 5.74) is 1.79. The number of rotatable bonds is 3. The Morgan fingerprint density at radius 1 is 1.16 bits per heavy atom. The lowest BCUT2D eigenvalue weighted by Gasteiger charge is -2.07. The first kappa shape index (κ1) is 14.2. The Kier molecular flexibility index (Phi) is 4.74. The van der Waals surface area contributed by atoms with Gasteiger partial charge in [0.05, 0.1) is 0 Å². The van der Waals surface area contributed by atoms with Crippen LogP contribution >= 0.6 is 39.1 Å². The van der Waals surface area contributed by atoms with Crippen molar-refractivity contribution in [3.63, 3.8) is 0 Å². The van der Waals surface area contributed by atoms with E-state index in [9.17, 15) is 4.79 Å². The van der Waals surface area contributed by atoms with Crippen molar-refractivity contribution in [2.75, 3.05) is 5.32 Å². The number of alkyl halides is 1. The lowest BCUT2D eigenvalue weighted by Crippen LogP contribution is -2.13. The molecule has 0 spiro atoms. The second kappa shape index (κ2) is 6.32. The lowest BCUT2D eigenvalue weighted by atomic mass is 10.1. The van der Waals surface area contributed by atoms with Crippen LogP contribution in [0.2, 0.25) is 10.3 Å². The van der Waals surface area contributed by atoms with Gasteiger partial charge in [0.1, 0.15) is 12.0 Å². The van der Waals surface area contributed by atoms with Crippen molar-refractivity contribution < 1.29 is 4.79 Å². The van der Waals surface area contributed by atoms with Crippen molar-refractivity contribution in [2.45, 2.75) is 5.33 Å². The first-order valence-electron chi connectivity index (χ1n) is 5.24. The summed E-state index contributed by atoms with van der Waals surface area (Å²) in [6.07, 6.45) is 1.23. The Morgan fingerprint density at radius 3 is 2.26 bits per heavy atom. The van der Waals surface area contributed by atoms with Crippen molar-refractivity contribution in [3.05, 3.63) is 52.0 Å². The van der Waals surface area contributed by atoms with E-state index in [2.05, 4.69) is 31.2 Å². The van der Waals surface area contributed by atoms with E-state index in [0.29, 0.717) is 5.56 Å². The summed E-state index contributed by atoms with van der Waals surface area (Å²) < 4.78 is 0. The third-order valence-corrected chi connectivity index (χ3v) is 3.58. The molecule has 0 aliphatic carbocycles. The van der Waals surface area contributed by atoms with E-state index in [1.165, 1.54) is 6.33 Å². The highest BCUT2D eigenvalue weighted by Gasteiger charge is 2.13. The third-order valence-electron chi connectivity index (χ3n) is 2.36. The maximum atomic E-state index is 12.0. The second-order valence-corrected chi connectivity index (χ2v) is 4.89. The Balaban J connectivity index is 2.20. The zero-order valence-corrected chi connectivity index (χ0v) is 12.6. The number of amides is 1. The zero-order valence-electron chi connectivity index (χ0n) is 9.53. The SMILES string of the molecule is O=C(Nc1c(Cl)ncnc1Cl)c1ccc(CBr)cc1. The fraction of sp³-hybridized carbons (Fsp3) is 0.0833. The molecule has 2 aromatic rings. The number of nitrogens with zero attached hydrogens (tertiary/aromatic N) is 2. The molecular formula is C12H8BrCl2N3O. The van der Waals surface area contributed by atoms with Crippen LogP contribution in [0.4, 0.5) is 5.69 Å². The minimum absolute atomic E-state index is 0.102. The molecule has 0 saturated carbocycles. The number of hydrogen-bond acceptors (Lipinski definition) is 3. The van der Waals surface area contributed by atoms with Gasteiger partial charge in [-0.25, -0.2) is 9.97 Å². The van der Waals surface area contributed by atoms with Crippen molar-refractivity contribution in [3.8, 4) is 0 Å². The van der Waals surface area contributed by atoms with Gasteiger partial charge in [0, 0.05) is 10.9 Å². The number of hydrogen-bond donors (Lipinski definition) is 1. The van der Waals surface area contributed by atoms with E-state index >= 15 is 0 Å². The zero-order chi connectivity index (χ0) is 13.8. The van der Waals surface area contributed by atoms with Gasteiger partial charge in [-0.15, -0.1) is 0 Å². The normalized spacial score (nSPS) is 10.3. The van der Waals surface area contributed by atoms with Gasteiger partial charge in [0.2, 0.25) is 0 Å². The summed E-state index contributed by atoms with van der Waals surface area (Å²) in [6.45, 7) is 0. The first-order chi connectivity index (χ1) is 9.11. The highest BCUT2D eigenvalue weighted by Crippen LogP contribution is 2.26. The van der Waals surface area contributed by atoms with Crippen molar-refractivity contribution in [2.24, 2.45) is 0 Å². The van der Waals surface area contributed by atoms with Crippen molar-refractivity contribution >= 4 is 50.7 Å². The predicted octanol–water partition coefficient (Wildman–Crippen LogP) is 3.93. The van der Waals surface area contributed by atoms with Crippen LogP contribution in [0.5, 0.6) is 0 Å². The monoisotopic (exact) mass is 359 g/mol. The summed E-state index contributed by atoms with van der Waals surface area (Å²) in [5.74, 6) is -0.320. The van der Waals surface area contributed by atoms with Crippen LogP contribution in [0.3, 0.4) is 0 Å². The molecule has 0 radical (unpaired) electrons. The van der Waals surface area contributed by atoms with Gasteiger partial charge in [-0.3, -0.25) is 4.79 Å². The van der Waals surface area contributed by atoms with Gasteiger partial charge >= 0.3 is 0 Å². The fourth-order valence-electron chi connectivity index (χ4n) is 1.38. The van der Waals surface area contributed by atoms with Crippen LogP contribution in [-0.4, -0.2) is 15.9 Å². The minimum Gasteiger partial charge on any atom is -0.317 e. The predicted molar refractivity (Wildman–Crippen MR) is 79.1 cm³/mol. The molecule has 0 unspecified atom stereocenters. The van der Waals surface area contributed by atoms with Crippen LogP contribution in [0.1, 0.15) is 15.9 Å². The molecule has 98 valence electrons. The van der Waals surface area contributed by atoms with Crippen LogP contribution < -0.4 is 5.32 Å². The number of halogens is 3. The molecule has 0 atom stereocenters. The molecule has 0 fully saturated rings. The van der Waals surface area contributed by atoms with Gasteiger partial charge < -0.3 is 5.32 Å². The van der Waals surface area contributed by atoms with E-state index < -0.39 is 0 Å². The first-order valence-corrected chi connectivity index (χ1v) is 7.12. The fourth-order valence-corrected chi connectivity index (χ4v) is 2.16. The molecule has 0 aliphatic rings. The van der Waals surface area contributed by atoms with Crippen LogP contribution in [0.25, 0.3) is 0 Å². The molecule has 1 aromatic carbocycles. The molecule has 1 heterocycles. The molecule has 19 heavy (non-hydrogen) atoms. The Bertz CT molecular complexity index is 584. The van der Waals surface area contributed by atoms with E-state index in [4.69, 9.17) is 23.2 Å². The van der Waals surface area contributed by atoms with E-state index in [0.717, 1.165) is 10.9 Å². The summed E-state index contributed by atoms with van der Waals surface area (Å²) in [6, 6.07) is 7.15. The number of aromatic nitrogens is 2. The molecule has 1 aromatic heterocycles. The number of benzene rings is 1. The Hall–Kier alpha value is -1.17. The van der Waals surface area contributed by atoms with Crippen LogP contribution in [0, 0.1) is 0 Å². The highest BCUT2D eigenvalue weighted by molar-refractivity contribution is 9.08. The molecule has 2 rings (SSSR count). The van der Waals surface area contributed by atoms with E-state index in [-0.39, 0.29) is 21.9 Å². The van der Waals surface area contributed by atoms with E-state index in [1.54, 1.807) is 12.1 Å². The quantitative estimate of drug-likeness (QED) is 0.666. The number of carbonyl (C=O) groups excluding carboxylic acids is 1. The third kappa shape index (κ3) is 3.43. The molecule has 4 nitrogen and oxygen atoms in total. The van der Waals surface area contributed by atoms with Gasteiger partial charge in [-0.2, -0.15) is 0 Å². The average molecular weight is 361 g/mol. The maximum absolute atomic E-state index is 12.0. The molecule has 0 bridgehead atoms. The van der Waals surface area contributed by atoms with Gasteiger partial charge in [-0.1, -0.05) is 51.3 Å². The standard InChI is InChI=1S/C12H8BrCl2N3O/c13-5-7-1-3-8(4-2-7)12(19)18-9-10(14)16-6-17-11(9)15/h1-4,6H,5H2,(H,18,19). The topological polar surface area (TPSA) is 54.9 Å². The van der Waals surface area contributed by atoms with Crippen molar-refractivity contribution in [1.82, 2.24) is 9.97 Å². The average Bonchev–Trinajstić information content (AvgIpc) is 2.43. The maximum Gasteiger partial charge on any atom is 0.255 e. The largest absolute Gasteiger partial charge is 0.317 e. The van der Waals surface area contributed by atoms with Crippen LogP contribution in [0.15, 0.2) is 30.6 Å². The van der Waals surface area contributed by atoms with E-state index in [1.807, 2.05) is 12.1 Å². The van der Waals surface area contributed by atoms with Crippen LogP contribution in [-0.2, 0) is 5.33 Å². The Labute approximate surface area is 128 Å². The van der Waals surface area contributed by atoms with Gasteiger partial charge in [-0.05, 0) is 17.7 Å². The summed E-state index contributed by atoms with van der Waals surface area (Å²) in [5, 5.41) is 3.53. The molecule has 1 N–H and O–H groups in total. The number of anilines is 1. The summed E-state index contributed by atoms with van der Waals surface area (Å²) >= 11 is 15.0. The summed E-state index contributed by atoms with van der Waals surface area (Å²) in [7, 11) is 0. The van der Waals surface area contributed by atoms with Crippen molar-refractivity contribution in [1.29, 1.82) is 0 Å². The Morgan fingerprint density at radius 2 is 1.74 bits per heavy atom. The lowest BCUT2D eigenvalue weighted by molar-refractivity contribution is 0.102. The molecule has 1 amide bonds.